The smallest absolute Gasteiger partial charge is 0.262 e. The molecular formula is C15H18N2O2S. The first-order valence-corrected chi connectivity index (χ1v) is 7.70. The summed E-state index contributed by atoms with van der Waals surface area (Å²) in [5.41, 5.74) is 11.4. The lowest BCUT2D eigenvalue weighted by atomic mass is 9.94. The van der Waals surface area contributed by atoms with E-state index in [-0.39, 0.29) is 12.1 Å². The Balaban J connectivity index is 1.93. The van der Waals surface area contributed by atoms with E-state index >= 15 is 0 Å². The molecule has 1 aromatic carbocycles. The standard InChI is InChI=1S/C15H18N2O2S/c16-9-5-7-10(8-6-9)19-13-11-3-1-2-4-12(11)20-14(13)15(17)18/h1-4,9-10H,5-8,16H2,(H2,17,18). The first kappa shape index (κ1) is 13.4. The molecule has 1 aliphatic carbocycles. The van der Waals surface area contributed by atoms with E-state index in [9.17, 15) is 4.79 Å². The van der Waals surface area contributed by atoms with Crippen molar-refractivity contribution >= 4 is 27.3 Å². The van der Waals surface area contributed by atoms with Crippen molar-refractivity contribution in [3.63, 3.8) is 0 Å². The number of ether oxygens (including phenoxy) is 1. The number of fused-ring (bicyclic) bond motifs is 1. The summed E-state index contributed by atoms with van der Waals surface area (Å²) in [7, 11) is 0. The molecule has 0 radical (unpaired) electrons. The van der Waals surface area contributed by atoms with Crippen LogP contribution in [0, 0.1) is 0 Å². The van der Waals surface area contributed by atoms with E-state index in [1.807, 2.05) is 24.3 Å². The molecule has 2 aromatic rings. The highest BCUT2D eigenvalue weighted by Gasteiger charge is 2.24. The molecule has 0 aliphatic heterocycles. The Labute approximate surface area is 121 Å². The van der Waals surface area contributed by atoms with Crippen LogP contribution >= 0.6 is 11.3 Å². The second-order valence-electron chi connectivity index (χ2n) is 5.28. The first-order chi connectivity index (χ1) is 9.65. The Morgan fingerprint density at radius 1 is 1.20 bits per heavy atom. The van der Waals surface area contributed by atoms with Crippen LogP contribution in [0.25, 0.3) is 10.1 Å². The number of hydrogen-bond donors (Lipinski definition) is 2. The fraction of sp³-hybridized carbons (Fsp3) is 0.400. The van der Waals surface area contributed by atoms with Gasteiger partial charge in [-0.25, -0.2) is 0 Å². The lowest BCUT2D eigenvalue weighted by Gasteiger charge is -2.26. The highest BCUT2D eigenvalue weighted by Crippen LogP contribution is 2.39. The van der Waals surface area contributed by atoms with Gasteiger partial charge in [-0.05, 0) is 37.8 Å². The number of benzene rings is 1. The summed E-state index contributed by atoms with van der Waals surface area (Å²) in [4.78, 5) is 12.1. The summed E-state index contributed by atoms with van der Waals surface area (Å²) in [5.74, 6) is 0.229. The summed E-state index contributed by atoms with van der Waals surface area (Å²) in [6.45, 7) is 0. The second-order valence-corrected chi connectivity index (χ2v) is 6.33. The Bertz CT molecular complexity index is 630. The van der Waals surface area contributed by atoms with Crippen LogP contribution in [0.4, 0.5) is 0 Å². The summed E-state index contributed by atoms with van der Waals surface area (Å²) >= 11 is 1.40. The highest BCUT2D eigenvalue weighted by molar-refractivity contribution is 7.21. The third-order valence-corrected chi connectivity index (χ3v) is 4.94. The van der Waals surface area contributed by atoms with Gasteiger partial charge in [0.1, 0.15) is 4.88 Å². The molecule has 0 unspecified atom stereocenters. The van der Waals surface area contributed by atoms with Crippen molar-refractivity contribution in [2.45, 2.75) is 37.8 Å². The zero-order chi connectivity index (χ0) is 14.1. The molecule has 1 saturated carbocycles. The molecule has 1 amide bonds. The van der Waals surface area contributed by atoms with Crippen LogP contribution in [0.15, 0.2) is 24.3 Å². The molecule has 20 heavy (non-hydrogen) atoms. The second kappa shape index (κ2) is 5.42. The van der Waals surface area contributed by atoms with E-state index in [4.69, 9.17) is 16.2 Å². The Hall–Kier alpha value is -1.59. The Morgan fingerprint density at radius 2 is 1.90 bits per heavy atom. The van der Waals surface area contributed by atoms with E-state index in [0.717, 1.165) is 35.8 Å². The van der Waals surface area contributed by atoms with Crippen molar-refractivity contribution in [1.82, 2.24) is 0 Å². The van der Waals surface area contributed by atoms with Gasteiger partial charge in [-0.1, -0.05) is 12.1 Å². The van der Waals surface area contributed by atoms with Gasteiger partial charge >= 0.3 is 0 Å². The molecule has 4 nitrogen and oxygen atoms in total. The van der Waals surface area contributed by atoms with Gasteiger partial charge in [0.25, 0.3) is 5.91 Å². The van der Waals surface area contributed by atoms with Crippen LogP contribution in [0.2, 0.25) is 0 Å². The van der Waals surface area contributed by atoms with Crippen molar-refractivity contribution < 1.29 is 9.53 Å². The summed E-state index contributed by atoms with van der Waals surface area (Å²) < 4.78 is 7.13. The van der Waals surface area contributed by atoms with E-state index in [1.54, 1.807) is 0 Å². The van der Waals surface area contributed by atoms with Gasteiger partial charge in [0, 0.05) is 16.1 Å². The number of hydrogen-bond acceptors (Lipinski definition) is 4. The minimum absolute atomic E-state index is 0.130. The molecule has 1 heterocycles. The maximum Gasteiger partial charge on any atom is 0.262 e. The Kier molecular flexibility index (Phi) is 3.63. The van der Waals surface area contributed by atoms with Crippen molar-refractivity contribution in [3.8, 4) is 5.75 Å². The van der Waals surface area contributed by atoms with Gasteiger partial charge < -0.3 is 16.2 Å². The fourth-order valence-electron chi connectivity index (χ4n) is 2.67. The molecule has 5 heteroatoms. The summed E-state index contributed by atoms with van der Waals surface area (Å²) in [6.07, 6.45) is 3.94. The number of carbonyl (C=O) groups is 1. The van der Waals surface area contributed by atoms with E-state index < -0.39 is 5.91 Å². The van der Waals surface area contributed by atoms with Crippen LogP contribution in [-0.2, 0) is 0 Å². The predicted molar refractivity (Wildman–Crippen MR) is 81.2 cm³/mol. The topological polar surface area (TPSA) is 78.3 Å². The number of primary amides is 1. The van der Waals surface area contributed by atoms with Gasteiger partial charge in [-0.15, -0.1) is 11.3 Å². The lowest BCUT2D eigenvalue weighted by Crippen LogP contribution is -2.32. The van der Waals surface area contributed by atoms with Crippen LogP contribution in [0.1, 0.15) is 35.4 Å². The molecule has 0 bridgehead atoms. The first-order valence-electron chi connectivity index (χ1n) is 6.88. The van der Waals surface area contributed by atoms with E-state index in [2.05, 4.69) is 0 Å². The minimum atomic E-state index is -0.422. The van der Waals surface area contributed by atoms with Crippen molar-refractivity contribution in [2.24, 2.45) is 11.5 Å². The largest absolute Gasteiger partial charge is 0.488 e. The van der Waals surface area contributed by atoms with Gasteiger partial charge in [-0.2, -0.15) is 0 Å². The molecule has 0 atom stereocenters. The third-order valence-electron chi connectivity index (χ3n) is 3.78. The maximum absolute atomic E-state index is 11.6. The fourth-order valence-corrected chi connectivity index (χ4v) is 3.66. The maximum atomic E-state index is 11.6. The van der Waals surface area contributed by atoms with Crippen LogP contribution < -0.4 is 16.2 Å². The number of rotatable bonds is 3. The Morgan fingerprint density at radius 3 is 2.60 bits per heavy atom. The summed E-state index contributed by atoms with van der Waals surface area (Å²) in [6, 6.07) is 8.14. The van der Waals surface area contributed by atoms with Gasteiger partial charge in [0.15, 0.2) is 5.75 Å². The number of thiophene rings is 1. The molecule has 1 aromatic heterocycles. The lowest BCUT2D eigenvalue weighted by molar-refractivity contribution is 0.0992. The zero-order valence-electron chi connectivity index (χ0n) is 11.2. The van der Waals surface area contributed by atoms with Gasteiger partial charge in [-0.3, -0.25) is 4.79 Å². The van der Waals surface area contributed by atoms with Crippen molar-refractivity contribution in [2.75, 3.05) is 0 Å². The quantitative estimate of drug-likeness (QED) is 0.912. The average molecular weight is 290 g/mol. The molecular weight excluding hydrogens is 272 g/mol. The van der Waals surface area contributed by atoms with E-state index in [0.29, 0.717) is 10.6 Å². The highest BCUT2D eigenvalue weighted by atomic mass is 32.1. The molecule has 1 aliphatic rings. The average Bonchev–Trinajstić information content (AvgIpc) is 2.81. The summed E-state index contributed by atoms with van der Waals surface area (Å²) in [5, 5.41) is 0.973. The van der Waals surface area contributed by atoms with Crippen LogP contribution in [0.3, 0.4) is 0 Å². The normalized spacial score (nSPS) is 22.9. The van der Waals surface area contributed by atoms with E-state index in [1.165, 1.54) is 11.3 Å². The van der Waals surface area contributed by atoms with Gasteiger partial charge in [0.2, 0.25) is 0 Å². The molecule has 1 fully saturated rings. The van der Waals surface area contributed by atoms with Gasteiger partial charge in [0.05, 0.1) is 6.10 Å². The zero-order valence-corrected chi connectivity index (χ0v) is 12.0. The third kappa shape index (κ3) is 2.51. The molecule has 3 rings (SSSR count). The number of amides is 1. The number of carbonyl (C=O) groups excluding carboxylic acids is 1. The molecule has 4 N–H and O–H groups in total. The molecule has 0 spiro atoms. The molecule has 0 saturated heterocycles. The number of nitrogens with two attached hydrogens (primary N) is 2. The van der Waals surface area contributed by atoms with Crippen molar-refractivity contribution in [1.29, 1.82) is 0 Å². The van der Waals surface area contributed by atoms with Crippen LogP contribution in [0.5, 0.6) is 5.75 Å². The van der Waals surface area contributed by atoms with Crippen molar-refractivity contribution in [3.05, 3.63) is 29.1 Å². The van der Waals surface area contributed by atoms with Crippen LogP contribution in [-0.4, -0.2) is 18.1 Å². The monoisotopic (exact) mass is 290 g/mol. The predicted octanol–water partition coefficient (Wildman–Crippen LogP) is 2.65. The minimum Gasteiger partial charge on any atom is -0.488 e. The molecule has 106 valence electrons. The SMILES string of the molecule is NC(=O)c1sc2ccccc2c1OC1CCC(N)CC1.